The van der Waals surface area contributed by atoms with E-state index < -0.39 is 4.92 Å². The first kappa shape index (κ1) is 12.9. The zero-order chi connectivity index (χ0) is 13.3. The third kappa shape index (κ3) is 2.34. The van der Waals surface area contributed by atoms with Crippen molar-refractivity contribution in [3.8, 4) is 11.4 Å². The molecule has 0 saturated heterocycles. The molecule has 0 unspecified atom stereocenters. The zero-order valence-corrected chi connectivity index (χ0v) is 11.6. The van der Waals surface area contributed by atoms with E-state index in [0.29, 0.717) is 15.7 Å². The Morgan fingerprint density at radius 2 is 2.00 bits per heavy atom. The average Bonchev–Trinajstić information content (AvgIpc) is 2.35. The molecule has 0 amide bonds. The number of hydrogen-bond acceptors (Lipinski definition) is 4. The SMILES string of the molecule is Cc1nc(-c2ccccc2[N+](=O)[O-])nc(Cl)c1Br. The number of rotatable bonds is 2. The summed E-state index contributed by atoms with van der Waals surface area (Å²) in [6, 6.07) is 6.28. The minimum Gasteiger partial charge on any atom is -0.258 e. The molecule has 0 aliphatic rings. The molecule has 0 spiro atoms. The Labute approximate surface area is 116 Å². The van der Waals surface area contributed by atoms with Gasteiger partial charge in [0.2, 0.25) is 0 Å². The third-order valence-corrected chi connectivity index (χ3v) is 3.77. The second kappa shape index (κ2) is 4.99. The highest BCUT2D eigenvalue weighted by atomic mass is 79.9. The molecule has 1 aromatic carbocycles. The van der Waals surface area contributed by atoms with Crippen LogP contribution in [0.3, 0.4) is 0 Å². The van der Waals surface area contributed by atoms with E-state index in [1.165, 1.54) is 6.07 Å². The monoisotopic (exact) mass is 327 g/mol. The molecule has 1 aromatic heterocycles. The number of aromatic nitrogens is 2. The summed E-state index contributed by atoms with van der Waals surface area (Å²) in [4.78, 5) is 18.7. The van der Waals surface area contributed by atoms with E-state index in [-0.39, 0.29) is 16.7 Å². The number of benzene rings is 1. The Balaban J connectivity index is 2.66. The van der Waals surface area contributed by atoms with Gasteiger partial charge in [-0.15, -0.1) is 0 Å². The third-order valence-electron chi connectivity index (χ3n) is 2.32. The van der Waals surface area contributed by atoms with Gasteiger partial charge >= 0.3 is 0 Å². The molecule has 5 nitrogen and oxygen atoms in total. The second-order valence-corrected chi connectivity index (χ2v) is 4.66. The average molecular weight is 329 g/mol. The molecule has 0 radical (unpaired) electrons. The first-order valence-corrected chi connectivity index (χ1v) is 6.11. The lowest BCUT2D eigenvalue weighted by Crippen LogP contribution is -1.98. The van der Waals surface area contributed by atoms with Gasteiger partial charge in [-0.2, -0.15) is 0 Å². The van der Waals surface area contributed by atoms with Crippen molar-refractivity contribution in [1.82, 2.24) is 9.97 Å². The maximum atomic E-state index is 10.9. The number of para-hydroxylation sites is 1. The van der Waals surface area contributed by atoms with E-state index in [1.807, 2.05) is 0 Å². The highest BCUT2D eigenvalue weighted by Crippen LogP contribution is 2.30. The van der Waals surface area contributed by atoms with E-state index in [2.05, 4.69) is 25.9 Å². The molecule has 1 heterocycles. The van der Waals surface area contributed by atoms with Gasteiger partial charge in [0.25, 0.3) is 5.69 Å². The minimum absolute atomic E-state index is 0.0460. The number of nitro groups is 1. The van der Waals surface area contributed by atoms with Crippen molar-refractivity contribution in [2.24, 2.45) is 0 Å². The lowest BCUT2D eigenvalue weighted by Gasteiger charge is -2.05. The molecule has 0 saturated carbocycles. The van der Waals surface area contributed by atoms with E-state index in [1.54, 1.807) is 25.1 Å². The predicted octanol–water partition coefficient (Wildman–Crippen LogP) is 3.78. The van der Waals surface area contributed by atoms with Gasteiger partial charge in [0.1, 0.15) is 5.15 Å². The Hall–Kier alpha value is -1.53. The summed E-state index contributed by atoms with van der Waals surface area (Å²) in [7, 11) is 0. The highest BCUT2D eigenvalue weighted by molar-refractivity contribution is 9.10. The van der Waals surface area contributed by atoms with Gasteiger partial charge in [0.05, 0.1) is 20.7 Å². The van der Waals surface area contributed by atoms with E-state index in [9.17, 15) is 10.1 Å². The summed E-state index contributed by atoms with van der Waals surface area (Å²) in [6.45, 7) is 1.75. The number of halogens is 2. The van der Waals surface area contributed by atoms with Crippen molar-refractivity contribution >= 4 is 33.2 Å². The Kier molecular flexibility index (Phi) is 3.58. The number of hydrogen-bond donors (Lipinski definition) is 0. The molecular weight excluding hydrogens is 321 g/mol. The van der Waals surface area contributed by atoms with Gasteiger partial charge < -0.3 is 0 Å². The molecule has 18 heavy (non-hydrogen) atoms. The fourth-order valence-electron chi connectivity index (χ4n) is 1.47. The summed E-state index contributed by atoms with van der Waals surface area (Å²) < 4.78 is 0.589. The van der Waals surface area contributed by atoms with E-state index >= 15 is 0 Å². The van der Waals surface area contributed by atoms with Crippen LogP contribution in [0.2, 0.25) is 5.15 Å². The summed E-state index contributed by atoms with van der Waals surface area (Å²) in [6.07, 6.45) is 0. The lowest BCUT2D eigenvalue weighted by atomic mass is 10.1. The molecular formula is C11H7BrClN3O2. The van der Waals surface area contributed by atoms with Crippen LogP contribution in [0, 0.1) is 17.0 Å². The second-order valence-electron chi connectivity index (χ2n) is 3.51. The molecule has 2 rings (SSSR count). The quantitative estimate of drug-likeness (QED) is 0.478. The van der Waals surface area contributed by atoms with Crippen molar-refractivity contribution in [1.29, 1.82) is 0 Å². The summed E-state index contributed by atoms with van der Waals surface area (Å²) in [5, 5.41) is 11.2. The largest absolute Gasteiger partial charge is 0.280 e. The fourth-order valence-corrected chi connectivity index (χ4v) is 1.86. The van der Waals surface area contributed by atoms with Crippen LogP contribution in [-0.4, -0.2) is 14.9 Å². The van der Waals surface area contributed by atoms with Gasteiger partial charge in [0, 0.05) is 6.07 Å². The normalized spacial score (nSPS) is 10.4. The molecule has 0 N–H and O–H groups in total. The van der Waals surface area contributed by atoms with Crippen LogP contribution >= 0.6 is 27.5 Å². The Morgan fingerprint density at radius 3 is 2.61 bits per heavy atom. The van der Waals surface area contributed by atoms with Crippen molar-refractivity contribution in [3.05, 3.63) is 49.7 Å². The maximum Gasteiger partial charge on any atom is 0.280 e. The smallest absolute Gasteiger partial charge is 0.258 e. The van der Waals surface area contributed by atoms with Crippen molar-refractivity contribution < 1.29 is 4.92 Å². The zero-order valence-electron chi connectivity index (χ0n) is 9.22. The number of nitrogens with zero attached hydrogens (tertiary/aromatic N) is 3. The van der Waals surface area contributed by atoms with Crippen LogP contribution in [0.15, 0.2) is 28.7 Å². The van der Waals surface area contributed by atoms with E-state index in [4.69, 9.17) is 11.6 Å². The maximum absolute atomic E-state index is 10.9. The van der Waals surface area contributed by atoms with E-state index in [0.717, 1.165) is 0 Å². The molecule has 0 atom stereocenters. The van der Waals surface area contributed by atoms with Crippen molar-refractivity contribution in [3.63, 3.8) is 0 Å². The van der Waals surface area contributed by atoms with Crippen LogP contribution in [-0.2, 0) is 0 Å². The molecule has 0 aliphatic carbocycles. The van der Waals surface area contributed by atoms with Gasteiger partial charge in [0.15, 0.2) is 5.82 Å². The lowest BCUT2D eigenvalue weighted by molar-refractivity contribution is -0.384. The number of nitro benzene ring substituents is 1. The van der Waals surface area contributed by atoms with Gasteiger partial charge in [-0.05, 0) is 28.9 Å². The first-order chi connectivity index (χ1) is 8.50. The van der Waals surface area contributed by atoms with Crippen molar-refractivity contribution in [2.45, 2.75) is 6.92 Å². The molecule has 0 fully saturated rings. The standard InChI is InChI=1S/C11H7BrClN3O2/c1-6-9(12)10(13)15-11(14-6)7-4-2-3-5-8(7)16(17)18/h2-5H,1H3. The Morgan fingerprint density at radius 1 is 1.33 bits per heavy atom. The van der Waals surface area contributed by atoms with Crippen LogP contribution in [0.4, 0.5) is 5.69 Å². The van der Waals surface area contributed by atoms with Crippen LogP contribution in [0.25, 0.3) is 11.4 Å². The molecule has 0 bridgehead atoms. The Bertz CT molecular complexity index is 610. The van der Waals surface area contributed by atoms with Crippen molar-refractivity contribution in [2.75, 3.05) is 0 Å². The summed E-state index contributed by atoms with van der Waals surface area (Å²) in [5.74, 6) is 0.244. The molecule has 92 valence electrons. The fraction of sp³-hybridized carbons (Fsp3) is 0.0909. The highest BCUT2D eigenvalue weighted by Gasteiger charge is 2.18. The molecule has 2 aromatic rings. The van der Waals surface area contributed by atoms with Crippen LogP contribution < -0.4 is 0 Å². The van der Waals surface area contributed by atoms with Gasteiger partial charge in [-0.25, -0.2) is 9.97 Å². The minimum atomic E-state index is -0.468. The van der Waals surface area contributed by atoms with Crippen LogP contribution in [0.1, 0.15) is 5.69 Å². The summed E-state index contributed by atoms with van der Waals surface area (Å²) in [5.41, 5.74) is 0.929. The van der Waals surface area contributed by atoms with Gasteiger partial charge in [-0.3, -0.25) is 10.1 Å². The summed E-state index contributed by atoms with van der Waals surface area (Å²) >= 11 is 9.18. The molecule has 0 aliphatic heterocycles. The first-order valence-electron chi connectivity index (χ1n) is 4.94. The van der Waals surface area contributed by atoms with Crippen LogP contribution in [0.5, 0.6) is 0 Å². The number of aryl methyl sites for hydroxylation is 1. The molecule has 7 heteroatoms. The van der Waals surface area contributed by atoms with Gasteiger partial charge in [-0.1, -0.05) is 23.7 Å². The predicted molar refractivity (Wildman–Crippen MR) is 71.6 cm³/mol. The topological polar surface area (TPSA) is 68.9 Å².